The minimum absolute atomic E-state index is 0.0941. The number of benzene rings is 2. The third-order valence-electron chi connectivity index (χ3n) is 6.53. The van der Waals surface area contributed by atoms with E-state index >= 15 is 0 Å². The van der Waals surface area contributed by atoms with Crippen LogP contribution in [0.3, 0.4) is 0 Å². The van der Waals surface area contributed by atoms with Crippen molar-refractivity contribution in [3.05, 3.63) is 87.9 Å². The third-order valence-corrected chi connectivity index (χ3v) is 7.03. The van der Waals surface area contributed by atoms with E-state index in [1.165, 1.54) is 0 Å². The third kappa shape index (κ3) is 3.43. The van der Waals surface area contributed by atoms with E-state index in [0.717, 1.165) is 21.7 Å². The van der Waals surface area contributed by atoms with Gasteiger partial charge in [0.1, 0.15) is 6.04 Å². The molecule has 2 aromatic carbocycles. The molecule has 3 atom stereocenters. The van der Waals surface area contributed by atoms with Crippen molar-refractivity contribution in [1.29, 1.82) is 0 Å². The SMILES string of the molecule is O=C1[C@H]2CC=CC[C@H]2C(=O)N1c1nc2n(n1)[C@H](c1ccc(Cl)cc1)C=C(c1ccc(Cl)cc1)N2. The van der Waals surface area contributed by atoms with Crippen LogP contribution >= 0.6 is 23.2 Å². The van der Waals surface area contributed by atoms with Crippen LogP contribution in [0.25, 0.3) is 5.70 Å². The predicted octanol–water partition coefficient (Wildman–Crippen LogP) is 5.10. The van der Waals surface area contributed by atoms with Gasteiger partial charge in [-0.05, 0) is 54.3 Å². The zero-order valence-electron chi connectivity index (χ0n) is 17.9. The summed E-state index contributed by atoms with van der Waals surface area (Å²) in [5.41, 5.74) is 2.68. The number of halogens is 2. The highest BCUT2D eigenvalue weighted by molar-refractivity contribution is 6.30. The fourth-order valence-corrected chi connectivity index (χ4v) is 5.02. The first-order valence-corrected chi connectivity index (χ1v) is 11.7. The second-order valence-electron chi connectivity index (χ2n) is 8.56. The molecule has 9 heteroatoms. The molecule has 170 valence electrons. The molecule has 3 aromatic rings. The Morgan fingerprint density at radius 3 is 2.06 bits per heavy atom. The van der Waals surface area contributed by atoms with Crippen LogP contribution < -0.4 is 10.2 Å². The van der Waals surface area contributed by atoms with Gasteiger partial charge in [-0.15, -0.1) is 5.10 Å². The zero-order valence-corrected chi connectivity index (χ0v) is 19.4. The summed E-state index contributed by atoms with van der Waals surface area (Å²) in [4.78, 5) is 31.9. The topological polar surface area (TPSA) is 80.1 Å². The van der Waals surface area contributed by atoms with Crippen molar-refractivity contribution in [2.24, 2.45) is 11.8 Å². The number of rotatable bonds is 3. The molecule has 2 amide bonds. The lowest BCUT2D eigenvalue weighted by atomic mass is 9.85. The van der Waals surface area contributed by atoms with Gasteiger partial charge in [-0.3, -0.25) is 9.59 Å². The van der Waals surface area contributed by atoms with Gasteiger partial charge in [0.15, 0.2) is 0 Å². The van der Waals surface area contributed by atoms with Crippen molar-refractivity contribution in [2.75, 3.05) is 10.2 Å². The number of hydrogen-bond acceptors (Lipinski definition) is 5. The van der Waals surface area contributed by atoms with Crippen molar-refractivity contribution >= 4 is 52.6 Å². The van der Waals surface area contributed by atoms with E-state index in [4.69, 9.17) is 23.2 Å². The highest BCUT2D eigenvalue weighted by Crippen LogP contribution is 2.39. The molecule has 2 aliphatic heterocycles. The molecule has 34 heavy (non-hydrogen) atoms. The van der Waals surface area contributed by atoms with Crippen LogP contribution in [0, 0.1) is 11.8 Å². The zero-order chi connectivity index (χ0) is 23.4. The van der Waals surface area contributed by atoms with Gasteiger partial charge in [-0.2, -0.15) is 4.98 Å². The molecule has 1 aromatic heterocycles. The quantitative estimate of drug-likeness (QED) is 0.407. The summed E-state index contributed by atoms with van der Waals surface area (Å²) in [7, 11) is 0. The summed E-state index contributed by atoms with van der Waals surface area (Å²) in [6.45, 7) is 0. The minimum atomic E-state index is -0.346. The van der Waals surface area contributed by atoms with Gasteiger partial charge in [-0.1, -0.05) is 59.6 Å². The first-order chi connectivity index (χ1) is 16.5. The van der Waals surface area contributed by atoms with E-state index in [1.54, 1.807) is 4.68 Å². The molecule has 3 heterocycles. The van der Waals surface area contributed by atoms with E-state index in [1.807, 2.05) is 66.8 Å². The number of anilines is 2. The molecular weight excluding hydrogens is 473 g/mol. The monoisotopic (exact) mass is 491 g/mol. The van der Waals surface area contributed by atoms with Gasteiger partial charge in [0.2, 0.25) is 17.8 Å². The Morgan fingerprint density at radius 1 is 0.853 bits per heavy atom. The summed E-state index contributed by atoms with van der Waals surface area (Å²) in [5.74, 6) is -0.637. The largest absolute Gasteiger partial charge is 0.324 e. The summed E-state index contributed by atoms with van der Waals surface area (Å²) in [6.07, 6.45) is 7.07. The van der Waals surface area contributed by atoms with Crippen LogP contribution in [0.5, 0.6) is 0 Å². The van der Waals surface area contributed by atoms with Crippen LogP contribution in [0.1, 0.15) is 30.0 Å². The number of carbonyl (C=O) groups excluding carboxylic acids is 2. The number of nitrogens with one attached hydrogen (secondary N) is 1. The van der Waals surface area contributed by atoms with Crippen LogP contribution in [0.4, 0.5) is 11.9 Å². The van der Waals surface area contributed by atoms with Gasteiger partial charge >= 0.3 is 0 Å². The molecule has 0 spiro atoms. The molecule has 1 aliphatic carbocycles. The maximum absolute atomic E-state index is 13.1. The van der Waals surface area contributed by atoms with Crippen molar-refractivity contribution in [2.45, 2.75) is 18.9 Å². The predicted molar refractivity (Wildman–Crippen MR) is 131 cm³/mol. The number of nitrogens with zero attached hydrogens (tertiary/aromatic N) is 4. The number of fused-ring (bicyclic) bond motifs is 2. The van der Waals surface area contributed by atoms with Gasteiger partial charge in [0.05, 0.1) is 11.8 Å². The summed E-state index contributed by atoms with van der Waals surface area (Å²) in [5, 5.41) is 9.19. The average molecular weight is 492 g/mol. The molecule has 1 N–H and O–H groups in total. The van der Waals surface area contributed by atoms with Crippen LogP contribution in [-0.2, 0) is 9.59 Å². The van der Waals surface area contributed by atoms with E-state index in [2.05, 4.69) is 15.4 Å². The van der Waals surface area contributed by atoms with E-state index < -0.39 is 0 Å². The smallest absolute Gasteiger partial charge is 0.260 e. The second kappa shape index (κ2) is 8.11. The van der Waals surface area contributed by atoms with Gasteiger partial charge < -0.3 is 5.32 Å². The molecule has 0 radical (unpaired) electrons. The molecule has 6 rings (SSSR count). The Hall–Kier alpha value is -3.42. The van der Waals surface area contributed by atoms with Gasteiger partial charge in [0, 0.05) is 15.7 Å². The molecule has 1 fully saturated rings. The summed E-state index contributed by atoms with van der Waals surface area (Å²) >= 11 is 12.2. The van der Waals surface area contributed by atoms with Crippen molar-refractivity contribution < 1.29 is 9.59 Å². The van der Waals surface area contributed by atoms with Gasteiger partial charge in [0.25, 0.3) is 5.95 Å². The number of amides is 2. The highest BCUT2D eigenvalue weighted by Gasteiger charge is 2.49. The minimum Gasteiger partial charge on any atom is -0.324 e. The van der Waals surface area contributed by atoms with Crippen LogP contribution in [0.2, 0.25) is 10.0 Å². The van der Waals surface area contributed by atoms with Crippen LogP contribution in [-0.4, -0.2) is 26.6 Å². The molecule has 0 unspecified atom stereocenters. The standard InChI is InChI=1S/C25H19Cl2N5O2/c26-16-9-5-14(6-10-16)20-13-21(15-7-11-17(27)12-8-15)32-24(28-20)29-25(30-32)31-22(33)18-3-1-2-4-19(18)23(31)34/h1-2,5-13,18-19,21H,3-4H2,(H,28,29,30)/t18-,19+,21-/m0/s1. The molecule has 0 saturated carbocycles. The molecule has 1 saturated heterocycles. The average Bonchev–Trinajstić information content (AvgIpc) is 3.38. The first kappa shape index (κ1) is 21.1. The van der Waals surface area contributed by atoms with Crippen LogP contribution in [0.15, 0.2) is 66.8 Å². The van der Waals surface area contributed by atoms with Gasteiger partial charge in [-0.25, -0.2) is 9.58 Å². The Labute approximate surface area is 205 Å². The molecule has 7 nitrogen and oxygen atoms in total. The van der Waals surface area contributed by atoms with E-state index in [-0.39, 0.29) is 35.6 Å². The second-order valence-corrected chi connectivity index (χ2v) is 9.43. The lowest BCUT2D eigenvalue weighted by molar-refractivity contribution is -0.122. The Kier molecular flexibility index (Phi) is 5.04. The number of hydrogen-bond donors (Lipinski definition) is 1. The molecular formula is C25H19Cl2N5O2. The summed E-state index contributed by atoms with van der Waals surface area (Å²) < 4.78 is 1.69. The van der Waals surface area contributed by atoms with E-state index in [0.29, 0.717) is 28.8 Å². The first-order valence-electron chi connectivity index (χ1n) is 11.0. The van der Waals surface area contributed by atoms with Crippen molar-refractivity contribution in [1.82, 2.24) is 14.8 Å². The maximum atomic E-state index is 13.1. The maximum Gasteiger partial charge on any atom is 0.260 e. The number of carbonyl (C=O) groups is 2. The lowest BCUT2D eigenvalue weighted by Crippen LogP contribution is -2.32. The number of imide groups is 1. The normalized spacial score (nSPS) is 23.4. The Bertz CT molecular complexity index is 1330. The number of aromatic nitrogens is 3. The molecule has 3 aliphatic rings. The fraction of sp³-hybridized carbons (Fsp3) is 0.200. The van der Waals surface area contributed by atoms with Crippen molar-refractivity contribution in [3.63, 3.8) is 0 Å². The summed E-state index contributed by atoms with van der Waals surface area (Å²) in [6, 6.07) is 14.6. The Morgan fingerprint density at radius 2 is 1.44 bits per heavy atom. The number of allylic oxidation sites excluding steroid dienone is 3. The van der Waals surface area contributed by atoms with E-state index in [9.17, 15) is 9.59 Å². The highest BCUT2D eigenvalue weighted by atomic mass is 35.5. The Balaban J connectivity index is 1.42. The molecule has 0 bridgehead atoms. The fourth-order valence-electron chi connectivity index (χ4n) is 4.77. The lowest BCUT2D eigenvalue weighted by Gasteiger charge is -2.24. The van der Waals surface area contributed by atoms with Crippen molar-refractivity contribution in [3.8, 4) is 0 Å².